The molecule has 152 valence electrons. The molecule has 4 N–H and O–H groups in total. The van der Waals surface area contributed by atoms with Crippen molar-refractivity contribution >= 4 is 11.7 Å². The Bertz CT molecular complexity index is 832. The van der Waals surface area contributed by atoms with Crippen LogP contribution in [0.4, 0.5) is 27.8 Å². The van der Waals surface area contributed by atoms with E-state index in [4.69, 9.17) is 5.73 Å². The smallest absolute Gasteiger partial charge is 0.344 e. The van der Waals surface area contributed by atoms with Crippen LogP contribution in [0.1, 0.15) is 13.8 Å². The van der Waals surface area contributed by atoms with Crippen LogP contribution in [0, 0.1) is 23.0 Å². The lowest BCUT2D eigenvalue weighted by Crippen LogP contribution is -2.58. The first-order valence-corrected chi connectivity index (χ1v) is 8.15. The predicted molar refractivity (Wildman–Crippen MR) is 93.6 cm³/mol. The van der Waals surface area contributed by atoms with Gasteiger partial charge in [0.15, 0.2) is 11.6 Å². The van der Waals surface area contributed by atoms with Crippen LogP contribution in [0.25, 0.3) is 0 Å². The molecule has 0 radical (unpaired) electrons. The summed E-state index contributed by atoms with van der Waals surface area (Å²) in [6, 6.07) is 0.619. The van der Waals surface area contributed by atoms with E-state index in [1.54, 1.807) is 0 Å². The van der Waals surface area contributed by atoms with Crippen LogP contribution in [-0.2, 0) is 4.79 Å². The third-order valence-electron chi connectivity index (χ3n) is 4.19. The summed E-state index contributed by atoms with van der Waals surface area (Å²) in [7, 11) is 0. The van der Waals surface area contributed by atoms with Gasteiger partial charge in [0.05, 0.1) is 17.5 Å². The Balaban J connectivity index is 2.10. The first-order valence-electron chi connectivity index (χ1n) is 8.15. The second-order valence-electron chi connectivity index (χ2n) is 6.74. The van der Waals surface area contributed by atoms with Crippen molar-refractivity contribution in [1.29, 1.82) is 0 Å². The molecule has 0 saturated carbocycles. The van der Waals surface area contributed by atoms with Crippen molar-refractivity contribution in [1.82, 2.24) is 10.3 Å². The van der Waals surface area contributed by atoms with Gasteiger partial charge in [-0.1, -0.05) is 24.3 Å². The maximum atomic E-state index is 13.5. The largest absolute Gasteiger partial charge is 0.396 e. The monoisotopic (exact) mass is 402 g/mol. The van der Waals surface area contributed by atoms with Gasteiger partial charge in [-0.3, -0.25) is 4.79 Å². The van der Waals surface area contributed by atoms with Crippen LogP contribution in [0.3, 0.4) is 0 Å². The number of aromatic nitrogens is 1. The Morgan fingerprint density at radius 2 is 2.00 bits per heavy atom. The average molecular weight is 402 g/mol. The van der Waals surface area contributed by atoms with E-state index in [0.29, 0.717) is 6.07 Å². The molecule has 3 unspecified atom stereocenters. The Morgan fingerprint density at radius 3 is 2.61 bits per heavy atom. The van der Waals surface area contributed by atoms with Gasteiger partial charge in [0.2, 0.25) is 5.91 Å². The topological polar surface area (TPSA) is 80.0 Å². The molecule has 5 nitrogen and oxygen atoms in total. The molecular formula is C18H19F5N4O. The van der Waals surface area contributed by atoms with E-state index in [1.165, 1.54) is 25.2 Å². The normalized spacial score (nSPS) is 24.2. The van der Waals surface area contributed by atoms with Crippen LogP contribution in [-0.4, -0.2) is 22.7 Å². The molecule has 0 fully saturated rings. The van der Waals surface area contributed by atoms with E-state index in [0.717, 1.165) is 31.5 Å². The number of amides is 1. The zero-order chi connectivity index (χ0) is 21.2. The highest BCUT2D eigenvalue weighted by Gasteiger charge is 2.53. The summed E-state index contributed by atoms with van der Waals surface area (Å²) in [6.07, 6.45) is 3.17. The van der Waals surface area contributed by atoms with E-state index in [1.807, 2.05) is 0 Å². The molecule has 1 heterocycles. The Kier molecular flexibility index (Phi) is 5.93. The highest BCUT2D eigenvalue weighted by molar-refractivity contribution is 5.86. The molecule has 1 amide bonds. The van der Waals surface area contributed by atoms with Gasteiger partial charge in [-0.25, -0.2) is 13.8 Å². The number of nitrogens with zero attached hydrogens (tertiary/aromatic N) is 1. The lowest BCUT2D eigenvalue weighted by Gasteiger charge is -2.37. The summed E-state index contributed by atoms with van der Waals surface area (Å²) in [4.78, 5) is 16.1. The van der Waals surface area contributed by atoms with Crippen LogP contribution >= 0.6 is 0 Å². The van der Waals surface area contributed by atoms with E-state index in [-0.39, 0.29) is 5.82 Å². The number of alkyl halides is 3. The SMILES string of the molecule is CC(N)(/C=C\Nc1ncc(F)cc1F)NC(=O)C1(C)C=CC=CC1C(F)(F)F. The van der Waals surface area contributed by atoms with Crippen molar-refractivity contribution in [2.45, 2.75) is 25.7 Å². The number of allylic oxidation sites excluding steroid dienone is 3. The van der Waals surface area contributed by atoms with Gasteiger partial charge < -0.3 is 16.4 Å². The third-order valence-corrected chi connectivity index (χ3v) is 4.19. The highest BCUT2D eigenvalue weighted by Crippen LogP contribution is 2.44. The molecular weight excluding hydrogens is 383 g/mol. The van der Waals surface area contributed by atoms with Crippen LogP contribution in [0.15, 0.2) is 48.8 Å². The zero-order valence-electron chi connectivity index (χ0n) is 15.0. The van der Waals surface area contributed by atoms with Crippen molar-refractivity contribution < 1.29 is 26.7 Å². The number of anilines is 1. The lowest BCUT2D eigenvalue weighted by atomic mass is 9.73. The minimum absolute atomic E-state index is 0.288. The molecule has 3 atom stereocenters. The second kappa shape index (κ2) is 7.70. The van der Waals surface area contributed by atoms with Gasteiger partial charge in [-0.05, 0) is 19.9 Å². The van der Waals surface area contributed by atoms with Gasteiger partial charge in [0, 0.05) is 12.3 Å². The number of hydrogen-bond acceptors (Lipinski definition) is 4. The number of carbonyl (C=O) groups excluding carboxylic acids is 1. The number of pyridine rings is 1. The molecule has 1 aromatic heterocycles. The number of nitrogens with one attached hydrogen (secondary N) is 2. The fraction of sp³-hybridized carbons (Fsp3) is 0.333. The number of carbonyl (C=O) groups is 1. The molecule has 1 aromatic rings. The summed E-state index contributed by atoms with van der Waals surface area (Å²) in [5.74, 6) is -5.04. The Hall–Kier alpha value is -2.75. The van der Waals surface area contributed by atoms with Gasteiger partial charge in [-0.15, -0.1) is 0 Å². The van der Waals surface area contributed by atoms with Gasteiger partial charge in [0.1, 0.15) is 11.5 Å². The summed E-state index contributed by atoms with van der Waals surface area (Å²) in [5, 5.41) is 4.75. The first-order chi connectivity index (χ1) is 12.8. The second-order valence-corrected chi connectivity index (χ2v) is 6.74. The minimum Gasteiger partial charge on any atom is -0.344 e. The van der Waals surface area contributed by atoms with Gasteiger partial charge >= 0.3 is 6.18 Å². The maximum Gasteiger partial charge on any atom is 0.396 e. The third kappa shape index (κ3) is 4.94. The van der Waals surface area contributed by atoms with E-state index < -0.39 is 40.7 Å². The fourth-order valence-corrected chi connectivity index (χ4v) is 2.64. The van der Waals surface area contributed by atoms with Gasteiger partial charge in [0.25, 0.3) is 0 Å². The first kappa shape index (κ1) is 21.5. The summed E-state index contributed by atoms with van der Waals surface area (Å²) >= 11 is 0. The molecule has 1 aliphatic rings. The number of nitrogens with two attached hydrogens (primary N) is 1. The Morgan fingerprint density at radius 1 is 1.32 bits per heavy atom. The van der Waals surface area contributed by atoms with Crippen LogP contribution in [0.5, 0.6) is 0 Å². The summed E-state index contributed by atoms with van der Waals surface area (Å²) < 4.78 is 66.2. The zero-order valence-corrected chi connectivity index (χ0v) is 15.0. The molecule has 0 saturated heterocycles. The van der Waals surface area contributed by atoms with Gasteiger partial charge in [-0.2, -0.15) is 13.2 Å². The molecule has 1 aliphatic carbocycles. The number of halogens is 5. The summed E-state index contributed by atoms with van der Waals surface area (Å²) in [6.45, 7) is 2.50. The molecule has 2 rings (SSSR count). The summed E-state index contributed by atoms with van der Waals surface area (Å²) in [5.41, 5.74) is 2.46. The predicted octanol–water partition coefficient (Wildman–Crippen LogP) is 3.39. The molecule has 0 aliphatic heterocycles. The van der Waals surface area contributed by atoms with Crippen molar-refractivity contribution in [3.05, 3.63) is 60.5 Å². The molecule has 0 bridgehead atoms. The molecule has 0 aromatic carbocycles. The molecule has 10 heteroatoms. The molecule has 0 spiro atoms. The highest BCUT2D eigenvalue weighted by atomic mass is 19.4. The van der Waals surface area contributed by atoms with Crippen LogP contribution in [0.2, 0.25) is 0 Å². The van der Waals surface area contributed by atoms with Crippen LogP contribution < -0.4 is 16.4 Å². The van der Waals surface area contributed by atoms with Crippen molar-refractivity contribution in [2.24, 2.45) is 17.1 Å². The van der Waals surface area contributed by atoms with E-state index in [2.05, 4.69) is 15.6 Å². The van der Waals surface area contributed by atoms with E-state index in [9.17, 15) is 26.7 Å². The number of rotatable bonds is 5. The van der Waals surface area contributed by atoms with E-state index >= 15 is 0 Å². The van der Waals surface area contributed by atoms with Crippen molar-refractivity contribution in [2.75, 3.05) is 5.32 Å². The fourth-order valence-electron chi connectivity index (χ4n) is 2.64. The van der Waals surface area contributed by atoms with Crippen molar-refractivity contribution in [3.8, 4) is 0 Å². The number of hydrogen-bond donors (Lipinski definition) is 3. The standard InChI is InChI=1S/C18H19F5N4O/c1-16(6-4-3-5-13(16)18(21,22)23)15(28)27-17(2,24)7-8-25-14-12(20)9-11(19)10-26-14/h3-10,13H,24H2,1-2H3,(H,25,26)(H,27,28)/b8-7-. The quantitative estimate of drug-likeness (QED) is 0.521. The Labute approximate surface area is 158 Å². The lowest BCUT2D eigenvalue weighted by molar-refractivity contribution is -0.187. The minimum atomic E-state index is -4.62. The average Bonchev–Trinajstić information content (AvgIpc) is 2.55. The maximum absolute atomic E-state index is 13.5. The van der Waals surface area contributed by atoms with Crippen molar-refractivity contribution in [3.63, 3.8) is 0 Å². The molecule has 28 heavy (non-hydrogen) atoms.